The highest BCUT2D eigenvalue weighted by atomic mass is 35.5. The Hall–Kier alpha value is -2.88. The zero-order chi connectivity index (χ0) is 27.2. The van der Waals surface area contributed by atoms with Gasteiger partial charge < -0.3 is 9.88 Å². The first-order valence-corrected chi connectivity index (χ1v) is 15.1. The minimum atomic E-state index is 0.225. The third-order valence-electron chi connectivity index (χ3n) is 9.75. The number of halogens is 1. The Balaban J connectivity index is 0.00000135. The lowest BCUT2D eigenvalue weighted by atomic mass is 9.67. The number of likely N-dealkylation sites (tertiary alicyclic amines) is 1. The van der Waals surface area contributed by atoms with Gasteiger partial charge in [-0.25, -0.2) is 4.98 Å². The van der Waals surface area contributed by atoms with E-state index in [2.05, 4.69) is 84.4 Å². The van der Waals surface area contributed by atoms with Gasteiger partial charge in [0.25, 0.3) is 0 Å². The van der Waals surface area contributed by atoms with Gasteiger partial charge in [0.1, 0.15) is 5.82 Å². The fourth-order valence-corrected chi connectivity index (χ4v) is 7.66. The molecule has 1 N–H and O–H groups in total. The van der Waals surface area contributed by atoms with Crippen molar-refractivity contribution in [3.8, 4) is 11.4 Å². The highest BCUT2D eigenvalue weighted by Crippen LogP contribution is 2.49. The molecule has 0 radical (unpaired) electrons. The maximum absolute atomic E-state index is 6.16. The number of hydrogen-bond donors (Lipinski definition) is 1. The molecule has 2 aliphatic carbocycles. The van der Waals surface area contributed by atoms with Gasteiger partial charge in [-0.05, 0) is 78.5 Å². The predicted octanol–water partition coefficient (Wildman–Crippen LogP) is 9.03. The van der Waals surface area contributed by atoms with E-state index >= 15 is 0 Å². The Bertz CT molecular complexity index is 1500. The van der Waals surface area contributed by atoms with Crippen molar-refractivity contribution in [2.75, 3.05) is 13.1 Å². The Morgan fingerprint density at radius 3 is 2.59 bits per heavy atom. The molecule has 3 nitrogen and oxygen atoms in total. The van der Waals surface area contributed by atoms with E-state index in [1.807, 2.05) is 32.0 Å². The highest BCUT2D eigenvalue weighted by Gasteiger charge is 2.46. The molecule has 39 heavy (non-hydrogen) atoms. The van der Waals surface area contributed by atoms with E-state index in [1.165, 1.54) is 49.9 Å². The Kier molecular flexibility index (Phi) is 6.93. The SMILES string of the molecule is CC.CC1CN(C2CCC(C)(c3ccc(-c4nc5ccc(Cl)cc5[nH]4)cc3)C2)CCC12C=Cc1ccccc12. The van der Waals surface area contributed by atoms with E-state index in [0.717, 1.165) is 27.4 Å². The second-order valence-electron chi connectivity index (χ2n) is 11.9. The molecule has 0 bridgehead atoms. The van der Waals surface area contributed by atoms with Gasteiger partial charge in [0, 0.05) is 28.6 Å². The number of allylic oxidation sites excluding steroid dienone is 1. The third kappa shape index (κ3) is 4.54. The summed E-state index contributed by atoms with van der Waals surface area (Å²) in [6.07, 6.45) is 9.87. The van der Waals surface area contributed by atoms with Gasteiger partial charge in [-0.15, -0.1) is 0 Å². The van der Waals surface area contributed by atoms with E-state index in [-0.39, 0.29) is 10.8 Å². The number of hydrogen-bond acceptors (Lipinski definition) is 2. The second-order valence-corrected chi connectivity index (χ2v) is 12.3. The zero-order valence-electron chi connectivity index (χ0n) is 23.7. The van der Waals surface area contributed by atoms with Crippen LogP contribution in [0.5, 0.6) is 0 Å². The molecule has 7 rings (SSSR count). The van der Waals surface area contributed by atoms with Crippen LogP contribution in [0.25, 0.3) is 28.5 Å². The van der Waals surface area contributed by atoms with Gasteiger partial charge in [-0.1, -0.05) is 100.0 Å². The summed E-state index contributed by atoms with van der Waals surface area (Å²) in [7, 11) is 0. The van der Waals surface area contributed by atoms with Crippen LogP contribution in [0.3, 0.4) is 0 Å². The van der Waals surface area contributed by atoms with Crippen LogP contribution in [0.1, 0.15) is 70.1 Å². The topological polar surface area (TPSA) is 31.9 Å². The molecule has 1 spiro atoms. The van der Waals surface area contributed by atoms with Gasteiger partial charge in [0.15, 0.2) is 0 Å². The molecule has 3 aromatic carbocycles. The number of aromatic amines is 1. The Morgan fingerprint density at radius 1 is 1.00 bits per heavy atom. The van der Waals surface area contributed by atoms with Crippen molar-refractivity contribution in [2.45, 2.75) is 70.3 Å². The van der Waals surface area contributed by atoms with Gasteiger partial charge in [0.2, 0.25) is 0 Å². The molecule has 202 valence electrons. The van der Waals surface area contributed by atoms with Crippen LogP contribution < -0.4 is 0 Å². The van der Waals surface area contributed by atoms with Crippen molar-refractivity contribution in [1.29, 1.82) is 0 Å². The first kappa shape index (κ1) is 26.3. The molecular formula is C35H40ClN3. The third-order valence-corrected chi connectivity index (χ3v) is 9.99. The number of H-pyrrole nitrogens is 1. The first-order valence-electron chi connectivity index (χ1n) is 14.7. The maximum Gasteiger partial charge on any atom is 0.138 e. The molecule has 4 heteroatoms. The average molecular weight is 538 g/mol. The monoisotopic (exact) mass is 537 g/mol. The summed E-state index contributed by atoms with van der Waals surface area (Å²) in [5.74, 6) is 1.53. The summed E-state index contributed by atoms with van der Waals surface area (Å²) >= 11 is 6.16. The largest absolute Gasteiger partial charge is 0.338 e. The number of benzene rings is 3. The van der Waals surface area contributed by atoms with E-state index in [1.54, 1.807) is 5.56 Å². The summed E-state index contributed by atoms with van der Waals surface area (Å²) in [5.41, 5.74) is 7.92. The van der Waals surface area contributed by atoms with Gasteiger partial charge in [0.05, 0.1) is 11.0 Å². The number of imidazole rings is 1. The van der Waals surface area contributed by atoms with Crippen LogP contribution in [0.15, 0.2) is 72.8 Å². The molecule has 1 aromatic heterocycles. The molecule has 4 aromatic rings. The highest BCUT2D eigenvalue weighted by molar-refractivity contribution is 6.31. The zero-order valence-corrected chi connectivity index (χ0v) is 24.4. The number of nitrogens with zero attached hydrogens (tertiary/aromatic N) is 2. The summed E-state index contributed by atoms with van der Waals surface area (Å²) in [5, 5.41) is 0.726. The molecule has 1 saturated heterocycles. The molecule has 4 atom stereocenters. The minimum absolute atomic E-state index is 0.225. The van der Waals surface area contributed by atoms with Crippen molar-refractivity contribution in [1.82, 2.24) is 14.9 Å². The van der Waals surface area contributed by atoms with Crippen LogP contribution in [-0.2, 0) is 10.8 Å². The number of piperidine rings is 1. The van der Waals surface area contributed by atoms with E-state index in [0.29, 0.717) is 12.0 Å². The standard InChI is InChI=1S/C33H34ClN3.C2H6/c1-22-21-37(18-17-33(22)16-13-23-5-3-4-6-28(23)33)27-14-15-32(2,20-27)25-9-7-24(8-10-25)31-35-29-12-11-26(34)19-30(29)36-31;1-2/h3-13,16,19,22,27H,14-15,17-18,20-21H2,1-2H3,(H,35,36);1-2H3. The lowest BCUT2D eigenvalue weighted by Gasteiger charge is -2.46. The second kappa shape index (κ2) is 10.3. The van der Waals surface area contributed by atoms with E-state index in [9.17, 15) is 0 Å². The van der Waals surface area contributed by atoms with Crippen molar-refractivity contribution >= 4 is 28.7 Å². The van der Waals surface area contributed by atoms with Crippen LogP contribution in [0, 0.1) is 5.92 Å². The van der Waals surface area contributed by atoms with Crippen LogP contribution in [-0.4, -0.2) is 34.0 Å². The molecule has 1 aliphatic heterocycles. The van der Waals surface area contributed by atoms with Crippen LogP contribution in [0.4, 0.5) is 0 Å². The number of fused-ring (bicyclic) bond motifs is 3. The van der Waals surface area contributed by atoms with Crippen LogP contribution >= 0.6 is 11.6 Å². The normalized spacial score (nSPS) is 28.0. The number of rotatable bonds is 3. The van der Waals surface area contributed by atoms with Crippen molar-refractivity contribution in [2.24, 2.45) is 5.92 Å². The van der Waals surface area contributed by atoms with Crippen molar-refractivity contribution in [3.63, 3.8) is 0 Å². The minimum Gasteiger partial charge on any atom is -0.338 e. The summed E-state index contributed by atoms with van der Waals surface area (Å²) in [6.45, 7) is 11.3. The fourth-order valence-electron chi connectivity index (χ4n) is 7.49. The van der Waals surface area contributed by atoms with Crippen LogP contribution in [0.2, 0.25) is 5.02 Å². The summed E-state index contributed by atoms with van der Waals surface area (Å²) in [6, 6.07) is 24.6. The molecule has 3 aliphatic rings. The summed E-state index contributed by atoms with van der Waals surface area (Å²) < 4.78 is 0. The lowest BCUT2D eigenvalue weighted by Crippen LogP contribution is -2.50. The molecule has 1 saturated carbocycles. The number of nitrogens with one attached hydrogen (secondary N) is 1. The van der Waals surface area contributed by atoms with Gasteiger partial charge in [-0.2, -0.15) is 0 Å². The number of aromatic nitrogens is 2. The smallest absolute Gasteiger partial charge is 0.138 e. The molecule has 2 heterocycles. The Morgan fingerprint density at radius 2 is 1.79 bits per heavy atom. The Labute approximate surface area is 238 Å². The van der Waals surface area contributed by atoms with E-state index < -0.39 is 0 Å². The predicted molar refractivity (Wildman–Crippen MR) is 165 cm³/mol. The van der Waals surface area contributed by atoms with Crippen molar-refractivity contribution < 1.29 is 0 Å². The molecular weight excluding hydrogens is 498 g/mol. The summed E-state index contributed by atoms with van der Waals surface area (Å²) in [4.78, 5) is 11.0. The van der Waals surface area contributed by atoms with E-state index in [4.69, 9.17) is 16.6 Å². The van der Waals surface area contributed by atoms with Crippen molar-refractivity contribution in [3.05, 3.63) is 94.5 Å². The molecule has 4 unspecified atom stereocenters. The van der Waals surface area contributed by atoms with Gasteiger partial charge in [-0.3, -0.25) is 0 Å². The average Bonchev–Trinajstić information content (AvgIpc) is 3.68. The quantitative estimate of drug-likeness (QED) is 0.282. The first-order chi connectivity index (χ1) is 18.9. The lowest BCUT2D eigenvalue weighted by molar-refractivity contribution is 0.0879. The van der Waals surface area contributed by atoms with Gasteiger partial charge >= 0.3 is 0 Å². The molecule has 0 amide bonds. The fraction of sp³-hybridized carbons (Fsp3) is 0.400. The molecule has 2 fully saturated rings. The maximum atomic E-state index is 6.16.